The van der Waals surface area contributed by atoms with Crippen LogP contribution in [0.4, 0.5) is 32.2 Å². The predicted molar refractivity (Wildman–Crippen MR) is 123 cm³/mol. The first-order valence-electron chi connectivity index (χ1n) is 10.9. The average molecular weight is 536 g/mol. The molecule has 1 amide bonds. The van der Waals surface area contributed by atoms with Crippen LogP contribution in [0.2, 0.25) is 0 Å². The third-order valence-corrected chi connectivity index (χ3v) is 5.46. The molecule has 4 aromatic rings. The Labute approximate surface area is 210 Å². The maximum Gasteiger partial charge on any atom is 0.416 e. The van der Waals surface area contributed by atoms with Crippen LogP contribution in [0.5, 0.6) is 0 Å². The van der Waals surface area contributed by atoms with Gasteiger partial charge in [0, 0.05) is 36.5 Å². The highest BCUT2D eigenvalue weighted by Gasteiger charge is 2.31. The Kier molecular flexibility index (Phi) is 7.07. The quantitative estimate of drug-likeness (QED) is 0.345. The minimum atomic E-state index is -4.62. The molecule has 0 saturated carbocycles. The highest BCUT2D eigenvalue weighted by Crippen LogP contribution is 2.33. The van der Waals surface area contributed by atoms with E-state index >= 15 is 0 Å². The van der Waals surface area contributed by atoms with Crippen LogP contribution in [0, 0.1) is 0 Å². The molecule has 0 saturated heterocycles. The van der Waals surface area contributed by atoms with E-state index in [0.717, 1.165) is 24.7 Å². The second kappa shape index (κ2) is 10.1. The summed E-state index contributed by atoms with van der Waals surface area (Å²) in [6.45, 7) is -1.54. The van der Waals surface area contributed by atoms with Gasteiger partial charge in [0.25, 0.3) is 5.91 Å². The first kappa shape index (κ1) is 26.6. The van der Waals surface area contributed by atoms with Crippen molar-refractivity contribution < 1.29 is 35.9 Å². The predicted octanol–water partition coefficient (Wildman–Crippen LogP) is 4.04. The van der Waals surface area contributed by atoms with Crippen LogP contribution < -0.4 is 11.1 Å². The maximum atomic E-state index is 12.9. The van der Waals surface area contributed by atoms with Crippen molar-refractivity contribution in [2.45, 2.75) is 25.2 Å². The van der Waals surface area contributed by atoms with Crippen molar-refractivity contribution in [2.24, 2.45) is 0 Å². The maximum absolute atomic E-state index is 12.9. The summed E-state index contributed by atoms with van der Waals surface area (Å²) in [6, 6.07) is 7.80. The largest absolute Gasteiger partial charge is 0.416 e. The number of hydrogen-bond acceptors (Lipinski definition) is 6. The van der Waals surface area contributed by atoms with E-state index in [1.54, 1.807) is 12.1 Å². The molecule has 0 radical (unpaired) electrons. The number of fused-ring (bicyclic) bond motifs is 1. The number of carbonyl (C=O) groups is 2. The van der Waals surface area contributed by atoms with Crippen molar-refractivity contribution in [1.82, 2.24) is 24.9 Å². The van der Waals surface area contributed by atoms with Crippen LogP contribution in [-0.4, -0.2) is 44.0 Å². The molecule has 0 bridgehead atoms. The lowest BCUT2D eigenvalue weighted by atomic mass is 9.98. The Morgan fingerprint density at radius 2 is 1.68 bits per heavy atom. The fraction of sp³-hybridized carbons (Fsp3) is 0.208. The number of halogens is 6. The molecule has 8 nitrogen and oxygen atoms in total. The summed E-state index contributed by atoms with van der Waals surface area (Å²) >= 11 is 0. The molecule has 0 aliphatic heterocycles. The van der Waals surface area contributed by atoms with Gasteiger partial charge in [-0.3, -0.25) is 14.6 Å². The smallest absolute Gasteiger partial charge is 0.382 e. The summed E-state index contributed by atoms with van der Waals surface area (Å²) in [5, 5.41) is 5.78. The number of rotatable bonds is 7. The summed E-state index contributed by atoms with van der Waals surface area (Å²) in [7, 11) is 0. The lowest BCUT2D eigenvalue weighted by molar-refractivity contribution is -0.137. The van der Waals surface area contributed by atoms with E-state index in [1.165, 1.54) is 22.8 Å². The van der Waals surface area contributed by atoms with E-state index < -0.39 is 30.4 Å². The van der Waals surface area contributed by atoms with Crippen molar-refractivity contribution in [2.75, 3.05) is 12.3 Å². The molecule has 198 valence electrons. The van der Waals surface area contributed by atoms with E-state index in [1.807, 2.05) is 5.32 Å². The molecule has 3 N–H and O–H groups in total. The number of anilines is 1. The number of nitrogens with one attached hydrogen (secondary N) is 1. The fourth-order valence-corrected chi connectivity index (χ4v) is 3.81. The molecule has 0 fully saturated rings. The average Bonchev–Trinajstić information content (AvgIpc) is 3.23. The lowest BCUT2D eigenvalue weighted by Gasteiger charge is -2.10. The molecule has 3 aromatic heterocycles. The van der Waals surface area contributed by atoms with Crippen molar-refractivity contribution in [3.8, 4) is 11.1 Å². The summed E-state index contributed by atoms with van der Waals surface area (Å²) in [6.07, 6.45) is -6.26. The Morgan fingerprint density at radius 3 is 2.34 bits per heavy atom. The topological polar surface area (TPSA) is 115 Å². The normalized spacial score (nSPS) is 12.1. The van der Waals surface area contributed by atoms with Crippen molar-refractivity contribution in [1.29, 1.82) is 0 Å². The number of aromatic nitrogens is 4. The van der Waals surface area contributed by atoms with Gasteiger partial charge in [0.05, 0.1) is 11.1 Å². The first-order valence-corrected chi connectivity index (χ1v) is 10.9. The highest BCUT2D eigenvalue weighted by molar-refractivity contribution is 6.07. The van der Waals surface area contributed by atoms with Gasteiger partial charge in [-0.05, 0) is 23.3 Å². The number of ketones is 1. The van der Waals surface area contributed by atoms with Gasteiger partial charge < -0.3 is 11.1 Å². The summed E-state index contributed by atoms with van der Waals surface area (Å²) < 4.78 is 77.8. The second-order valence-electron chi connectivity index (χ2n) is 8.28. The number of Topliss-reactive ketones (excluding diaryl/α,β-unsaturated/α-hetero) is 1. The zero-order valence-electron chi connectivity index (χ0n) is 19.3. The van der Waals surface area contributed by atoms with Crippen molar-refractivity contribution in [3.63, 3.8) is 0 Å². The Morgan fingerprint density at radius 1 is 0.974 bits per heavy atom. The Hall–Kier alpha value is -4.49. The van der Waals surface area contributed by atoms with Gasteiger partial charge in [-0.2, -0.15) is 31.4 Å². The summed E-state index contributed by atoms with van der Waals surface area (Å²) in [5.41, 5.74) is 6.20. The van der Waals surface area contributed by atoms with Gasteiger partial charge >= 0.3 is 12.4 Å². The third-order valence-electron chi connectivity index (χ3n) is 5.46. The number of alkyl halides is 6. The zero-order chi connectivity index (χ0) is 27.7. The monoisotopic (exact) mass is 536 g/mol. The highest BCUT2D eigenvalue weighted by atomic mass is 19.4. The number of carbonyl (C=O) groups excluding carboxylic acids is 2. The van der Waals surface area contributed by atoms with Crippen LogP contribution in [0.3, 0.4) is 0 Å². The number of nitrogen functional groups attached to an aromatic ring is 1. The number of nitrogens with zero attached hydrogens (tertiary/aromatic N) is 4. The molecule has 0 aliphatic rings. The molecule has 0 unspecified atom stereocenters. The first-order chi connectivity index (χ1) is 17.8. The number of hydrogen-bond donors (Lipinski definition) is 2. The molecule has 4 rings (SSSR count). The molecule has 3 heterocycles. The van der Waals surface area contributed by atoms with E-state index in [2.05, 4.69) is 15.1 Å². The fourth-order valence-electron chi connectivity index (χ4n) is 3.81. The van der Waals surface area contributed by atoms with Gasteiger partial charge in [-0.15, -0.1) is 0 Å². The number of pyridine rings is 1. The Balaban J connectivity index is 1.57. The minimum Gasteiger partial charge on any atom is -0.382 e. The van der Waals surface area contributed by atoms with E-state index in [4.69, 9.17) is 5.73 Å². The molecule has 0 atom stereocenters. The Bertz CT molecular complexity index is 1500. The van der Waals surface area contributed by atoms with Gasteiger partial charge in [0.2, 0.25) is 0 Å². The van der Waals surface area contributed by atoms with Crippen LogP contribution in [0.15, 0.2) is 55.1 Å². The molecule has 14 heteroatoms. The SMILES string of the molecule is Nc1ncnn2cc(C(=O)NCC(F)(F)F)c(-c3ccc(CC(=O)Cc4cc(C(F)(F)F)ccn4)cc3)c12. The zero-order valence-corrected chi connectivity index (χ0v) is 19.3. The van der Waals surface area contributed by atoms with Gasteiger partial charge in [0.15, 0.2) is 5.82 Å². The van der Waals surface area contributed by atoms with Crippen LogP contribution >= 0.6 is 0 Å². The van der Waals surface area contributed by atoms with Crippen LogP contribution in [0.25, 0.3) is 16.6 Å². The molecule has 0 spiro atoms. The summed E-state index contributed by atoms with van der Waals surface area (Å²) in [4.78, 5) is 32.8. The molecule has 38 heavy (non-hydrogen) atoms. The van der Waals surface area contributed by atoms with E-state index in [0.29, 0.717) is 11.1 Å². The van der Waals surface area contributed by atoms with Gasteiger partial charge in [0.1, 0.15) is 24.2 Å². The van der Waals surface area contributed by atoms with Crippen LogP contribution in [-0.2, 0) is 23.8 Å². The number of amides is 1. The van der Waals surface area contributed by atoms with Gasteiger partial charge in [-0.1, -0.05) is 24.3 Å². The van der Waals surface area contributed by atoms with Gasteiger partial charge in [-0.25, -0.2) is 9.50 Å². The molecule has 0 aliphatic carbocycles. The number of benzene rings is 1. The van der Waals surface area contributed by atoms with E-state index in [9.17, 15) is 35.9 Å². The molecule has 1 aromatic carbocycles. The van der Waals surface area contributed by atoms with Crippen molar-refractivity contribution >= 4 is 23.0 Å². The second-order valence-corrected chi connectivity index (χ2v) is 8.28. The third kappa shape index (κ3) is 6.07. The lowest BCUT2D eigenvalue weighted by Crippen LogP contribution is -2.33. The number of nitrogens with two attached hydrogens (primary N) is 1. The van der Waals surface area contributed by atoms with E-state index in [-0.39, 0.29) is 46.8 Å². The molecular weight excluding hydrogens is 518 g/mol. The summed E-state index contributed by atoms with van der Waals surface area (Å²) in [5.74, 6) is -1.41. The standard InChI is InChI=1S/C24H18F6N6O2/c25-23(26,27)11-33-22(38)18-10-36-20(21(31)34-12-35-36)19(18)14-3-1-13(2-4-14)7-17(37)9-16-8-15(5-6-32-16)24(28,29)30/h1-6,8,10,12H,7,9,11H2,(H,33,38)(H2,31,34,35). The van der Waals surface area contributed by atoms with Crippen LogP contribution in [0.1, 0.15) is 27.2 Å². The van der Waals surface area contributed by atoms with Crippen molar-refractivity contribution in [3.05, 3.63) is 77.5 Å². The molecular formula is C24H18F6N6O2. The minimum absolute atomic E-state index is 0.0160.